The third-order valence-electron chi connectivity index (χ3n) is 5.16. The van der Waals surface area contributed by atoms with Gasteiger partial charge in [0.1, 0.15) is 11.5 Å². The van der Waals surface area contributed by atoms with Gasteiger partial charge in [0.25, 0.3) is 0 Å². The molecule has 2 aromatic rings. The van der Waals surface area contributed by atoms with Gasteiger partial charge < -0.3 is 19.5 Å². The van der Waals surface area contributed by atoms with Crippen molar-refractivity contribution in [1.29, 1.82) is 0 Å². The third kappa shape index (κ3) is 2.42. The highest BCUT2D eigenvalue weighted by Gasteiger charge is 2.42. The zero-order valence-corrected chi connectivity index (χ0v) is 14.3. The number of aryl methyl sites for hydroxylation is 1. The summed E-state index contributed by atoms with van der Waals surface area (Å²) in [6.45, 7) is 2.93. The Morgan fingerprint density at radius 1 is 1.04 bits per heavy atom. The minimum atomic E-state index is 0.141. The first-order valence-corrected chi connectivity index (χ1v) is 8.42. The second-order valence-electron chi connectivity index (χ2n) is 6.56. The summed E-state index contributed by atoms with van der Waals surface area (Å²) in [4.78, 5) is 0. The van der Waals surface area contributed by atoms with E-state index in [2.05, 4.69) is 36.5 Å². The van der Waals surface area contributed by atoms with Crippen LogP contribution in [-0.2, 0) is 4.74 Å². The van der Waals surface area contributed by atoms with E-state index in [0.29, 0.717) is 5.92 Å². The van der Waals surface area contributed by atoms with Gasteiger partial charge >= 0.3 is 0 Å². The molecule has 2 aromatic carbocycles. The lowest BCUT2D eigenvalue weighted by atomic mass is 9.80. The van der Waals surface area contributed by atoms with Crippen LogP contribution in [0.15, 0.2) is 36.4 Å². The molecule has 0 aromatic heterocycles. The predicted molar refractivity (Wildman–Crippen MR) is 93.9 cm³/mol. The average molecular weight is 325 g/mol. The number of ether oxygens (including phenoxy) is 3. The molecule has 1 saturated heterocycles. The lowest BCUT2D eigenvalue weighted by Gasteiger charge is -2.37. The van der Waals surface area contributed by atoms with Crippen LogP contribution < -0.4 is 14.8 Å². The predicted octanol–water partition coefficient (Wildman–Crippen LogP) is 4.26. The molecule has 3 atom stereocenters. The van der Waals surface area contributed by atoms with Crippen LogP contribution in [0.5, 0.6) is 11.5 Å². The maximum absolute atomic E-state index is 6.11. The summed E-state index contributed by atoms with van der Waals surface area (Å²) >= 11 is 0. The number of benzene rings is 2. The van der Waals surface area contributed by atoms with E-state index in [1.807, 2.05) is 12.1 Å². The molecule has 0 saturated carbocycles. The van der Waals surface area contributed by atoms with Gasteiger partial charge in [-0.15, -0.1) is 0 Å². The second kappa shape index (κ2) is 6.02. The maximum atomic E-state index is 6.11. The summed E-state index contributed by atoms with van der Waals surface area (Å²) in [5.41, 5.74) is 4.82. The van der Waals surface area contributed by atoms with Crippen molar-refractivity contribution < 1.29 is 14.2 Å². The fraction of sp³-hybridized carbons (Fsp3) is 0.400. The van der Waals surface area contributed by atoms with Crippen LogP contribution in [0, 0.1) is 12.8 Å². The Labute approximate surface area is 142 Å². The first-order chi connectivity index (χ1) is 11.7. The van der Waals surface area contributed by atoms with Crippen molar-refractivity contribution in [2.45, 2.75) is 25.5 Å². The molecule has 2 heterocycles. The van der Waals surface area contributed by atoms with Crippen molar-refractivity contribution in [3.05, 3.63) is 53.1 Å². The Bertz CT molecular complexity index is 759. The van der Waals surface area contributed by atoms with E-state index in [0.717, 1.165) is 35.8 Å². The van der Waals surface area contributed by atoms with Gasteiger partial charge in [0.05, 0.1) is 26.4 Å². The van der Waals surface area contributed by atoms with Crippen molar-refractivity contribution in [3.63, 3.8) is 0 Å². The quantitative estimate of drug-likeness (QED) is 0.915. The number of methoxy groups -OCH3 is 2. The summed E-state index contributed by atoms with van der Waals surface area (Å²) in [6.07, 6.45) is 1.18. The Hall–Kier alpha value is -2.20. The van der Waals surface area contributed by atoms with Gasteiger partial charge in [-0.2, -0.15) is 0 Å². The Morgan fingerprint density at radius 2 is 1.92 bits per heavy atom. The van der Waals surface area contributed by atoms with Crippen LogP contribution in [0.4, 0.5) is 5.69 Å². The van der Waals surface area contributed by atoms with E-state index in [9.17, 15) is 0 Å². The van der Waals surface area contributed by atoms with E-state index >= 15 is 0 Å². The monoisotopic (exact) mass is 325 g/mol. The Balaban J connectivity index is 1.81. The van der Waals surface area contributed by atoms with Crippen LogP contribution in [-0.4, -0.2) is 20.8 Å². The fourth-order valence-electron chi connectivity index (χ4n) is 3.98. The third-order valence-corrected chi connectivity index (χ3v) is 5.16. The van der Waals surface area contributed by atoms with Gasteiger partial charge in [-0.3, -0.25) is 0 Å². The smallest absolute Gasteiger partial charge is 0.124 e. The first-order valence-electron chi connectivity index (χ1n) is 8.42. The van der Waals surface area contributed by atoms with Gasteiger partial charge in [-0.1, -0.05) is 17.7 Å². The minimum absolute atomic E-state index is 0.141. The molecule has 0 aliphatic carbocycles. The number of hydrogen-bond donors (Lipinski definition) is 1. The molecule has 4 rings (SSSR count). The number of hydrogen-bond acceptors (Lipinski definition) is 4. The van der Waals surface area contributed by atoms with Gasteiger partial charge in [-0.25, -0.2) is 0 Å². The lowest BCUT2D eigenvalue weighted by molar-refractivity contribution is 0.0826. The van der Waals surface area contributed by atoms with Crippen molar-refractivity contribution in [2.75, 3.05) is 26.1 Å². The summed E-state index contributed by atoms with van der Waals surface area (Å²) in [6, 6.07) is 12.7. The van der Waals surface area contributed by atoms with Crippen molar-refractivity contribution in [2.24, 2.45) is 5.92 Å². The van der Waals surface area contributed by atoms with Crippen LogP contribution in [0.2, 0.25) is 0 Å². The van der Waals surface area contributed by atoms with E-state index in [4.69, 9.17) is 14.2 Å². The molecule has 24 heavy (non-hydrogen) atoms. The number of anilines is 1. The fourth-order valence-corrected chi connectivity index (χ4v) is 3.98. The largest absolute Gasteiger partial charge is 0.497 e. The van der Waals surface area contributed by atoms with Crippen molar-refractivity contribution in [1.82, 2.24) is 0 Å². The van der Waals surface area contributed by atoms with Gasteiger partial charge in [-0.05, 0) is 37.6 Å². The minimum Gasteiger partial charge on any atom is -0.497 e. The van der Waals surface area contributed by atoms with E-state index in [1.54, 1.807) is 14.2 Å². The molecule has 4 nitrogen and oxygen atoms in total. The first kappa shape index (κ1) is 15.3. The highest BCUT2D eigenvalue weighted by molar-refractivity contribution is 5.59. The SMILES string of the molecule is COc1ccc(OC)c(C2Nc3ccc(C)cc3[C@H]3OCC[C@@H]23)c1. The molecule has 1 unspecified atom stereocenters. The zero-order chi connectivity index (χ0) is 16.7. The molecule has 1 N–H and O–H groups in total. The Kier molecular flexibility index (Phi) is 3.85. The molecule has 4 heteroatoms. The van der Waals surface area contributed by atoms with E-state index in [1.165, 1.54) is 11.1 Å². The lowest BCUT2D eigenvalue weighted by Crippen LogP contribution is -2.29. The molecule has 0 amide bonds. The molecular formula is C20H23NO3. The second-order valence-corrected chi connectivity index (χ2v) is 6.56. The Morgan fingerprint density at radius 3 is 2.71 bits per heavy atom. The zero-order valence-electron chi connectivity index (χ0n) is 14.3. The highest BCUT2D eigenvalue weighted by Crippen LogP contribution is 2.51. The summed E-state index contributed by atoms with van der Waals surface area (Å²) in [7, 11) is 3.41. The normalized spacial score (nSPS) is 24.7. The number of rotatable bonds is 3. The van der Waals surface area contributed by atoms with E-state index < -0.39 is 0 Å². The van der Waals surface area contributed by atoms with Crippen LogP contribution in [0.1, 0.15) is 35.3 Å². The van der Waals surface area contributed by atoms with Gasteiger partial charge in [0.15, 0.2) is 0 Å². The molecule has 126 valence electrons. The standard InChI is InChI=1S/C20H23NO3/c1-12-4-6-17-15(10-12)20-14(8-9-24-20)19(21-17)16-11-13(22-2)5-7-18(16)23-3/h4-7,10-11,14,19-21H,8-9H2,1-3H3/t14-,19?,20-/m0/s1. The summed E-state index contributed by atoms with van der Waals surface area (Å²) < 4.78 is 17.2. The molecule has 0 spiro atoms. The van der Waals surface area contributed by atoms with Crippen molar-refractivity contribution in [3.8, 4) is 11.5 Å². The summed E-state index contributed by atoms with van der Waals surface area (Å²) in [5.74, 6) is 2.12. The van der Waals surface area contributed by atoms with Crippen molar-refractivity contribution >= 4 is 5.69 Å². The molecule has 1 fully saturated rings. The summed E-state index contributed by atoms with van der Waals surface area (Å²) in [5, 5.41) is 3.72. The number of fused-ring (bicyclic) bond motifs is 3. The maximum Gasteiger partial charge on any atom is 0.124 e. The number of nitrogens with one attached hydrogen (secondary N) is 1. The van der Waals surface area contributed by atoms with Crippen LogP contribution in [0.3, 0.4) is 0 Å². The topological polar surface area (TPSA) is 39.7 Å². The molecule has 0 bridgehead atoms. The molecule has 0 radical (unpaired) electrons. The van der Waals surface area contributed by atoms with Crippen LogP contribution >= 0.6 is 0 Å². The molecule has 2 aliphatic heterocycles. The highest BCUT2D eigenvalue weighted by atomic mass is 16.5. The molecular weight excluding hydrogens is 302 g/mol. The van der Waals surface area contributed by atoms with E-state index in [-0.39, 0.29) is 12.1 Å². The average Bonchev–Trinajstić information content (AvgIpc) is 3.10. The van der Waals surface area contributed by atoms with Crippen LogP contribution in [0.25, 0.3) is 0 Å². The van der Waals surface area contributed by atoms with Gasteiger partial charge in [0.2, 0.25) is 0 Å². The van der Waals surface area contributed by atoms with Gasteiger partial charge in [0, 0.05) is 29.3 Å². The molecule has 2 aliphatic rings.